The van der Waals surface area contributed by atoms with Gasteiger partial charge in [0.25, 0.3) is 0 Å². The molecule has 1 aromatic carbocycles. The summed E-state index contributed by atoms with van der Waals surface area (Å²) in [6, 6.07) is 5.54. The molecule has 5 heteroatoms. The number of hydrogen-bond acceptors (Lipinski definition) is 3. The van der Waals surface area contributed by atoms with E-state index in [9.17, 15) is 14.3 Å². The second-order valence-electron chi connectivity index (χ2n) is 4.64. The number of aliphatic hydroxyl groups excluding tert-OH is 1. The van der Waals surface area contributed by atoms with Crippen LogP contribution >= 0.6 is 0 Å². The second kappa shape index (κ2) is 5.46. The molecular weight excluding hydrogens is 235 g/mol. The van der Waals surface area contributed by atoms with Crippen LogP contribution in [0.25, 0.3) is 0 Å². The first-order valence-corrected chi connectivity index (χ1v) is 6.03. The SMILES string of the molecule is C[C@H](NC(=O)C1CC(O)CN1)c1cccc(F)c1. The Morgan fingerprint density at radius 3 is 3.00 bits per heavy atom. The fourth-order valence-electron chi connectivity index (χ4n) is 2.09. The molecule has 0 bridgehead atoms. The largest absolute Gasteiger partial charge is 0.392 e. The number of nitrogens with one attached hydrogen (secondary N) is 2. The quantitative estimate of drug-likeness (QED) is 0.743. The van der Waals surface area contributed by atoms with Crippen LogP contribution in [0.5, 0.6) is 0 Å². The molecule has 1 aliphatic rings. The van der Waals surface area contributed by atoms with Crippen LogP contribution in [0.3, 0.4) is 0 Å². The highest BCUT2D eigenvalue weighted by Gasteiger charge is 2.28. The molecule has 98 valence electrons. The zero-order chi connectivity index (χ0) is 13.1. The first-order valence-electron chi connectivity index (χ1n) is 6.03. The highest BCUT2D eigenvalue weighted by Crippen LogP contribution is 2.14. The molecule has 4 nitrogen and oxygen atoms in total. The summed E-state index contributed by atoms with van der Waals surface area (Å²) in [5, 5.41) is 15.1. The lowest BCUT2D eigenvalue weighted by molar-refractivity contribution is -0.123. The zero-order valence-corrected chi connectivity index (χ0v) is 10.2. The molecule has 0 saturated carbocycles. The molecule has 1 saturated heterocycles. The van der Waals surface area contributed by atoms with Crippen molar-refractivity contribution in [2.45, 2.75) is 31.5 Å². The summed E-state index contributed by atoms with van der Waals surface area (Å²) >= 11 is 0. The van der Waals surface area contributed by atoms with E-state index in [2.05, 4.69) is 10.6 Å². The summed E-state index contributed by atoms with van der Waals surface area (Å²) in [6.07, 6.45) is -0.0490. The van der Waals surface area contributed by atoms with E-state index < -0.39 is 6.10 Å². The van der Waals surface area contributed by atoms with Crippen molar-refractivity contribution in [1.82, 2.24) is 10.6 Å². The molecule has 18 heavy (non-hydrogen) atoms. The zero-order valence-electron chi connectivity index (χ0n) is 10.2. The minimum Gasteiger partial charge on any atom is -0.392 e. The highest BCUT2D eigenvalue weighted by molar-refractivity contribution is 5.82. The molecule has 2 unspecified atom stereocenters. The Morgan fingerprint density at radius 2 is 2.39 bits per heavy atom. The molecule has 0 aromatic heterocycles. The third-order valence-electron chi connectivity index (χ3n) is 3.13. The van der Waals surface area contributed by atoms with E-state index in [0.717, 1.165) is 5.56 Å². The Kier molecular flexibility index (Phi) is 3.93. The van der Waals surface area contributed by atoms with E-state index in [1.807, 2.05) is 0 Å². The molecule has 1 amide bonds. The van der Waals surface area contributed by atoms with E-state index in [0.29, 0.717) is 13.0 Å². The van der Waals surface area contributed by atoms with Crippen molar-refractivity contribution in [2.24, 2.45) is 0 Å². The van der Waals surface area contributed by atoms with Crippen molar-refractivity contribution in [3.63, 3.8) is 0 Å². The lowest BCUT2D eigenvalue weighted by Gasteiger charge is -2.17. The second-order valence-corrected chi connectivity index (χ2v) is 4.64. The van der Waals surface area contributed by atoms with Gasteiger partial charge < -0.3 is 15.7 Å². The van der Waals surface area contributed by atoms with Crippen molar-refractivity contribution in [1.29, 1.82) is 0 Å². The monoisotopic (exact) mass is 252 g/mol. The predicted octanol–water partition coefficient (Wildman–Crippen LogP) is 0.726. The maximum absolute atomic E-state index is 13.1. The smallest absolute Gasteiger partial charge is 0.237 e. The lowest BCUT2D eigenvalue weighted by atomic mass is 10.1. The third kappa shape index (κ3) is 3.05. The number of halogens is 1. The summed E-state index contributed by atoms with van der Waals surface area (Å²) in [5.74, 6) is -0.480. The third-order valence-corrected chi connectivity index (χ3v) is 3.13. The van der Waals surface area contributed by atoms with E-state index in [-0.39, 0.29) is 23.8 Å². The van der Waals surface area contributed by atoms with Crippen molar-refractivity contribution >= 4 is 5.91 Å². The van der Waals surface area contributed by atoms with Crippen LogP contribution in [-0.4, -0.2) is 29.7 Å². The number of amides is 1. The number of rotatable bonds is 3. The van der Waals surface area contributed by atoms with E-state index in [1.54, 1.807) is 19.1 Å². The van der Waals surface area contributed by atoms with E-state index in [4.69, 9.17) is 0 Å². The molecule has 1 aliphatic heterocycles. The average molecular weight is 252 g/mol. The molecule has 1 heterocycles. The van der Waals surface area contributed by atoms with Crippen LogP contribution in [0.4, 0.5) is 4.39 Å². The van der Waals surface area contributed by atoms with Gasteiger partial charge in [0, 0.05) is 6.54 Å². The van der Waals surface area contributed by atoms with Gasteiger partial charge >= 0.3 is 0 Å². The van der Waals surface area contributed by atoms with Crippen LogP contribution in [0.1, 0.15) is 24.9 Å². The standard InChI is InChI=1S/C13H17FN2O2/c1-8(9-3-2-4-10(14)5-9)16-13(18)12-6-11(17)7-15-12/h2-5,8,11-12,15,17H,6-7H2,1H3,(H,16,18)/t8-,11?,12?/m0/s1. The molecule has 0 radical (unpaired) electrons. The van der Waals surface area contributed by atoms with Crippen molar-refractivity contribution in [3.05, 3.63) is 35.6 Å². The molecule has 3 N–H and O–H groups in total. The fourth-order valence-corrected chi connectivity index (χ4v) is 2.09. The van der Waals surface area contributed by atoms with Crippen LogP contribution < -0.4 is 10.6 Å². The Balaban J connectivity index is 1.95. The first-order chi connectivity index (χ1) is 8.56. The molecular formula is C13H17FN2O2. The maximum atomic E-state index is 13.1. The number of hydrogen-bond donors (Lipinski definition) is 3. The summed E-state index contributed by atoms with van der Waals surface area (Å²) in [7, 11) is 0. The molecule has 0 spiro atoms. The minimum absolute atomic E-state index is 0.164. The number of carbonyl (C=O) groups excluding carboxylic acids is 1. The van der Waals surface area contributed by atoms with Crippen molar-refractivity contribution < 1.29 is 14.3 Å². The van der Waals surface area contributed by atoms with Crippen molar-refractivity contribution in [3.8, 4) is 0 Å². The normalized spacial score (nSPS) is 24.8. The summed E-state index contributed by atoms with van der Waals surface area (Å²) < 4.78 is 13.1. The number of β-amino-alcohol motifs (C(OH)–C–C–N with tert-alkyl or cyclic N) is 1. The Morgan fingerprint density at radius 1 is 1.61 bits per heavy atom. The Bertz CT molecular complexity index is 439. The number of benzene rings is 1. The Labute approximate surface area is 105 Å². The van der Waals surface area contributed by atoms with Crippen LogP contribution in [0.2, 0.25) is 0 Å². The molecule has 0 aliphatic carbocycles. The number of carbonyl (C=O) groups is 1. The van der Waals surface area contributed by atoms with Crippen LogP contribution in [0.15, 0.2) is 24.3 Å². The van der Waals surface area contributed by atoms with E-state index in [1.165, 1.54) is 12.1 Å². The van der Waals surface area contributed by atoms with Gasteiger partial charge in [0.2, 0.25) is 5.91 Å². The molecule has 3 atom stereocenters. The lowest BCUT2D eigenvalue weighted by Crippen LogP contribution is -2.41. The van der Waals surface area contributed by atoms with Gasteiger partial charge in [-0.3, -0.25) is 4.79 Å². The fraction of sp³-hybridized carbons (Fsp3) is 0.462. The van der Waals surface area contributed by atoms with Crippen LogP contribution in [-0.2, 0) is 4.79 Å². The number of aliphatic hydroxyl groups is 1. The van der Waals surface area contributed by atoms with Crippen molar-refractivity contribution in [2.75, 3.05) is 6.54 Å². The predicted molar refractivity (Wildman–Crippen MR) is 65.4 cm³/mol. The molecule has 1 fully saturated rings. The molecule has 1 aromatic rings. The van der Waals surface area contributed by atoms with Crippen LogP contribution in [0, 0.1) is 5.82 Å². The summed E-state index contributed by atoms with van der Waals surface area (Å²) in [4.78, 5) is 11.9. The average Bonchev–Trinajstić information content (AvgIpc) is 2.76. The topological polar surface area (TPSA) is 61.4 Å². The van der Waals surface area contributed by atoms with Gasteiger partial charge in [0.1, 0.15) is 5.82 Å². The summed E-state index contributed by atoms with van der Waals surface area (Å²) in [6.45, 7) is 2.24. The van der Waals surface area contributed by atoms with Gasteiger partial charge in [0.05, 0.1) is 18.2 Å². The highest BCUT2D eigenvalue weighted by atomic mass is 19.1. The van der Waals surface area contributed by atoms with Gasteiger partial charge in [-0.15, -0.1) is 0 Å². The van der Waals surface area contributed by atoms with Gasteiger partial charge in [0.15, 0.2) is 0 Å². The maximum Gasteiger partial charge on any atom is 0.237 e. The van der Waals surface area contributed by atoms with E-state index >= 15 is 0 Å². The van der Waals surface area contributed by atoms with Gasteiger partial charge in [-0.1, -0.05) is 12.1 Å². The summed E-state index contributed by atoms with van der Waals surface area (Å²) in [5.41, 5.74) is 0.724. The van der Waals surface area contributed by atoms with Gasteiger partial charge in [-0.25, -0.2) is 4.39 Å². The minimum atomic E-state index is -0.467. The van der Waals surface area contributed by atoms with Gasteiger partial charge in [-0.05, 0) is 31.0 Å². The molecule has 2 rings (SSSR count). The first kappa shape index (κ1) is 13.0. The van der Waals surface area contributed by atoms with Gasteiger partial charge in [-0.2, -0.15) is 0 Å². The Hall–Kier alpha value is -1.46.